The Hall–Kier alpha value is -1.68. The van der Waals surface area contributed by atoms with Crippen LogP contribution in [0.2, 0.25) is 0 Å². The molecule has 0 bridgehead atoms. The number of nitrogens with zero attached hydrogens (tertiary/aromatic N) is 4. The van der Waals surface area contributed by atoms with E-state index in [0.29, 0.717) is 6.04 Å². The number of hydrogen-bond donors (Lipinski definition) is 0. The first-order valence-corrected chi connectivity index (χ1v) is 6.04. The van der Waals surface area contributed by atoms with Gasteiger partial charge in [-0.2, -0.15) is 0 Å². The summed E-state index contributed by atoms with van der Waals surface area (Å²) in [7, 11) is 0. The molecule has 0 saturated carbocycles. The second-order valence-electron chi connectivity index (χ2n) is 4.55. The zero-order valence-corrected chi connectivity index (χ0v) is 9.74. The van der Waals surface area contributed by atoms with E-state index in [0.717, 1.165) is 26.1 Å². The molecule has 0 amide bonds. The topological polar surface area (TPSA) is 34.0 Å². The summed E-state index contributed by atoms with van der Waals surface area (Å²) in [6, 6.07) is 11.1. The molecule has 1 aromatic heterocycles. The summed E-state index contributed by atoms with van der Waals surface area (Å²) in [5.74, 6) is 0. The van der Waals surface area contributed by atoms with Crippen LogP contribution in [-0.2, 0) is 6.54 Å². The van der Waals surface area contributed by atoms with E-state index in [9.17, 15) is 0 Å². The molecule has 0 spiro atoms. The van der Waals surface area contributed by atoms with E-state index in [2.05, 4.69) is 45.5 Å². The highest BCUT2D eigenvalue weighted by Crippen LogP contribution is 2.21. The van der Waals surface area contributed by atoms with Crippen molar-refractivity contribution in [3.05, 3.63) is 48.3 Å². The van der Waals surface area contributed by atoms with Gasteiger partial charge in [-0.3, -0.25) is 4.90 Å². The van der Waals surface area contributed by atoms with Crippen LogP contribution in [-0.4, -0.2) is 33.0 Å². The molecule has 17 heavy (non-hydrogen) atoms. The summed E-state index contributed by atoms with van der Waals surface area (Å²) in [4.78, 5) is 2.47. The summed E-state index contributed by atoms with van der Waals surface area (Å²) < 4.78 is 1.98. The van der Waals surface area contributed by atoms with Gasteiger partial charge in [0, 0.05) is 25.8 Å². The van der Waals surface area contributed by atoms with Crippen molar-refractivity contribution in [2.45, 2.75) is 19.0 Å². The normalized spacial score (nSPS) is 20.8. The van der Waals surface area contributed by atoms with Crippen LogP contribution in [0.1, 0.15) is 18.0 Å². The van der Waals surface area contributed by atoms with Gasteiger partial charge in [-0.25, -0.2) is 4.68 Å². The molecule has 1 fully saturated rings. The van der Waals surface area contributed by atoms with Gasteiger partial charge >= 0.3 is 0 Å². The molecule has 2 aromatic rings. The van der Waals surface area contributed by atoms with Crippen molar-refractivity contribution < 1.29 is 0 Å². The van der Waals surface area contributed by atoms with E-state index in [1.165, 1.54) is 5.56 Å². The van der Waals surface area contributed by atoms with Crippen LogP contribution in [0, 0.1) is 0 Å². The number of aromatic nitrogens is 3. The molecular weight excluding hydrogens is 212 g/mol. The van der Waals surface area contributed by atoms with Crippen LogP contribution in [0.4, 0.5) is 0 Å². The highest BCUT2D eigenvalue weighted by molar-refractivity contribution is 5.14. The van der Waals surface area contributed by atoms with Gasteiger partial charge < -0.3 is 0 Å². The molecule has 3 rings (SSSR count). The smallest absolute Gasteiger partial charge is 0.0693 e. The van der Waals surface area contributed by atoms with Crippen LogP contribution in [0.5, 0.6) is 0 Å². The minimum atomic E-state index is 0.487. The molecule has 1 aliphatic rings. The van der Waals surface area contributed by atoms with Crippen molar-refractivity contribution in [1.29, 1.82) is 0 Å². The Labute approximate surface area is 101 Å². The predicted octanol–water partition coefficient (Wildman–Crippen LogP) is 1.73. The number of likely N-dealkylation sites (tertiary alicyclic amines) is 1. The van der Waals surface area contributed by atoms with Crippen molar-refractivity contribution in [2.75, 3.05) is 13.1 Å². The Bertz CT molecular complexity index is 452. The fourth-order valence-electron chi connectivity index (χ4n) is 2.43. The van der Waals surface area contributed by atoms with Crippen LogP contribution < -0.4 is 0 Å². The van der Waals surface area contributed by atoms with Crippen molar-refractivity contribution in [3.63, 3.8) is 0 Å². The first-order valence-electron chi connectivity index (χ1n) is 6.04. The minimum absolute atomic E-state index is 0.487. The fourth-order valence-corrected chi connectivity index (χ4v) is 2.43. The van der Waals surface area contributed by atoms with Gasteiger partial charge in [-0.15, -0.1) is 5.10 Å². The molecule has 4 nitrogen and oxygen atoms in total. The summed E-state index contributed by atoms with van der Waals surface area (Å²) in [6.07, 6.45) is 4.87. The largest absolute Gasteiger partial charge is 0.297 e. The summed E-state index contributed by atoms with van der Waals surface area (Å²) in [5, 5.41) is 7.95. The predicted molar refractivity (Wildman–Crippen MR) is 65.4 cm³/mol. The Balaban J connectivity index is 1.61. The van der Waals surface area contributed by atoms with Gasteiger partial charge in [0.25, 0.3) is 0 Å². The first-order chi connectivity index (χ1) is 8.42. The quantitative estimate of drug-likeness (QED) is 0.802. The first kappa shape index (κ1) is 10.5. The van der Waals surface area contributed by atoms with Crippen molar-refractivity contribution in [2.24, 2.45) is 0 Å². The minimum Gasteiger partial charge on any atom is -0.297 e. The van der Waals surface area contributed by atoms with Crippen molar-refractivity contribution in [3.8, 4) is 0 Å². The van der Waals surface area contributed by atoms with E-state index in [1.54, 1.807) is 6.20 Å². The molecule has 0 radical (unpaired) electrons. The third-order valence-electron chi connectivity index (χ3n) is 3.31. The molecule has 4 heteroatoms. The molecule has 88 valence electrons. The zero-order valence-electron chi connectivity index (χ0n) is 9.74. The third kappa shape index (κ3) is 2.36. The standard InChI is InChI=1S/C13H16N4/c1-2-4-12(5-3-1)10-16-8-6-13(11-16)17-9-7-14-15-17/h1-5,7,9,13H,6,8,10-11H2. The van der Waals surface area contributed by atoms with E-state index in [1.807, 2.05) is 10.9 Å². The maximum atomic E-state index is 4.08. The lowest BCUT2D eigenvalue weighted by Crippen LogP contribution is -2.21. The molecule has 0 N–H and O–H groups in total. The van der Waals surface area contributed by atoms with Crippen LogP contribution in [0.15, 0.2) is 42.7 Å². The van der Waals surface area contributed by atoms with Gasteiger partial charge in [0.1, 0.15) is 0 Å². The average Bonchev–Trinajstić information content (AvgIpc) is 3.00. The van der Waals surface area contributed by atoms with Crippen LogP contribution in [0.3, 0.4) is 0 Å². The van der Waals surface area contributed by atoms with Crippen molar-refractivity contribution in [1.82, 2.24) is 19.9 Å². The van der Waals surface area contributed by atoms with Crippen molar-refractivity contribution >= 4 is 0 Å². The van der Waals surface area contributed by atoms with Gasteiger partial charge in [-0.05, 0) is 12.0 Å². The van der Waals surface area contributed by atoms with Gasteiger partial charge in [0.15, 0.2) is 0 Å². The molecule has 2 heterocycles. The Morgan fingerprint density at radius 3 is 2.88 bits per heavy atom. The summed E-state index contributed by atoms with van der Waals surface area (Å²) >= 11 is 0. The third-order valence-corrected chi connectivity index (χ3v) is 3.31. The maximum Gasteiger partial charge on any atom is 0.0693 e. The monoisotopic (exact) mass is 228 g/mol. The highest BCUT2D eigenvalue weighted by atomic mass is 15.4. The Morgan fingerprint density at radius 1 is 1.24 bits per heavy atom. The average molecular weight is 228 g/mol. The van der Waals surface area contributed by atoms with Gasteiger partial charge in [-0.1, -0.05) is 35.5 Å². The molecule has 0 aliphatic carbocycles. The second-order valence-corrected chi connectivity index (χ2v) is 4.55. The zero-order chi connectivity index (χ0) is 11.5. The second kappa shape index (κ2) is 4.67. The lowest BCUT2D eigenvalue weighted by molar-refractivity contribution is 0.310. The molecular formula is C13H16N4. The van der Waals surface area contributed by atoms with E-state index >= 15 is 0 Å². The van der Waals surface area contributed by atoms with E-state index in [4.69, 9.17) is 0 Å². The molecule has 1 aromatic carbocycles. The Morgan fingerprint density at radius 2 is 2.12 bits per heavy atom. The van der Waals surface area contributed by atoms with E-state index < -0.39 is 0 Å². The molecule has 1 atom stereocenters. The molecule has 1 saturated heterocycles. The Kier molecular flexibility index (Phi) is 2.88. The summed E-state index contributed by atoms with van der Waals surface area (Å²) in [6.45, 7) is 3.24. The molecule has 1 unspecified atom stereocenters. The lowest BCUT2D eigenvalue weighted by Gasteiger charge is -2.15. The van der Waals surface area contributed by atoms with Crippen LogP contribution >= 0.6 is 0 Å². The SMILES string of the molecule is c1ccc(CN2CCC(n3ccnn3)C2)cc1. The molecule has 1 aliphatic heterocycles. The number of benzene rings is 1. The summed E-state index contributed by atoms with van der Waals surface area (Å²) in [5.41, 5.74) is 1.38. The number of rotatable bonds is 3. The highest BCUT2D eigenvalue weighted by Gasteiger charge is 2.23. The van der Waals surface area contributed by atoms with Gasteiger partial charge in [0.2, 0.25) is 0 Å². The van der Waals surface area contributed by atoms with Crippen LogP contribution in [0.25, 0.3) is 0 Å². The fraction of sp³-hybridized carbons (Fsp3) is 0.385. The van der Waals surface area contributed by atoms with E-state index in [-0.39, 0.29) is 0 Å². The number of hydrogen-bond acceptors (Lipinski definition) is 3. The maximum absolute atomic E-state index is 4.08. The lowest BCUT2D eigenvalue weighted by atomic mass is 10.2. The van der Waals surface area contributed by atoms with Gasteiger partial charge in [0.05, 0.1) is 12.2 Å².